The van der Waals surface area contributed by atoms with Gasteiger partial charge in [0.1, 0.15) is 11.6 Å². The third kappa shape index (κ3) is 4.54. The van der Waals surface area contributed by atoms with Gasteiger partial charge in [-0.2, -0.15) is 10.1 Å². The Bertz CT molecular complexity index is 968. The van der Waals surface area contributed by atoms with Crippen LogP contribution < -0.4 is 11.1 Å². The molecule has 2 aromatic heterocycles. The Hall–Kier alpha value is -2.93. The number of rotatable bonds is 2. The van der Waals surface area contributed by atoms with Crippen LogP contribution in [0.3, 0.4) is 0 Å². The largest absolute Gasteiger partial charge is 0.368 e. The topological polar surface area (TPSA) is 92.5 Å². The number of anilines is 3. The quantitative estimate of drug-likeness (QED) is 0.465. The van der Waals surface area contributed by atoms with E-state index in [-0.39, 0.29) is 5.95 Å². The number of para-hydroxylation sites is 1. The number of aromatic amines is 1. The fourth-order valence-electron chi connectivity index (χ4n) is 2.22. The summed E-state index contributed by atoms with van der Waals surface area (Å²) in [5.41, 5.74) is 7.41. The van der Waals surface area contributed by atoms with Gasteiger partial charge in [0.05, 0.1) is 11.2 Å². The Morgan fingerprint density at radius 3 is 2.36 bits per heavy atom. The van der Waals surface area contributed by atoms with Crippen molar-refractivity contribution in [3.63, 3.8) is 0 Å². The zero-order chi connectivity index (χ0) is 17.6. The van der Waals surface area contributed by atoms with Gasteiger partial charge in [0.15, 0.2) is 0 Å². The van der Waals surface area contributed by atoms with Gasteiger partial charge in [-0.05, 0) is 31.2 Å². The van der Waals surface area contributed by atoms with Crippen molar-refractivity contribution in [1.82, 2.24) is 20.2 Å². The minimum absolute atomic E-state index is 0.243. The smallest absolute Gasteiger partial charge is 0.222 e. The fourth-order valence-corrected chi connectivity index (χ4v) is 2.52. The average Bonchev–Trinajstić information content (AvgIpc) is 3.01. The third-order valence-corrected chi connectivity index (χ3v) is 3.84. The van der Waals surface area contributed by atoms with E-state index in [4.69, 9.17) is 5.73 Å². The number of hydrogen-bond donors (Lipinski definition) is 3. The first kappa shape index (κ1) is 16.9. The summed E-state index contributed by atoms with van der Waals surface area (Å²) in [5.74, 6) is 1.69. The van der Waals surface area contributed by atoms with E-state index in [2.05, 4.69) is 41.4 Å². The molecule has 2 heterocycles. The Balaban J connectivity index is 0.000000219. The molecule has 0 atom stereocenters. The SMILES string of the molecule is Brc1ccccc1.Cc1cc(Nc2nc(N)nc3ccccc23)[nH]n1. The zero-order valence-electron chi connectivity index (χ0n) is 13.6. The lowest BCUT2D eigenvalue weighted by atomic mass is 10.2. The highest BCUT2D eigenvalue weighted by Gasteiger charge is 2.06. The number of halogens is 1. The molecule has 2 aromatic carbocycles. The molecule has 0 aliphatic carbocycles. The van der Waals surface area contributed by atoms with Crippen LogP contribution in [0.15, 0.2) is 65.1 Å². The van der Waals surface area contributed by atoms with Gasteiger partial charge in [-0.15, -0.1) is 0 Å². The van der Waals surface area contributed by atoms with Gasteiger partial charge in [0.2, 0.25) is 5.95 Å². The van der Waals surface area contributed by atoms with E-state index < -0.39 is 0 Å². The summed E-state index contributed by atoms with van der Waals surface area (Å²) in [7, 11) is 0. The van der Waals surface area contributed by atoms with Gasteiger partial charge in [0.25, 0.3) is 0 Å². The second-order valence-corrected chi connectivity index (χ2v) is 6.21. The molecule has 0 aliphatic heterocycles. The molecule has 4 aromatic rings. The van der Waals surface area contributed by atoms with E-state index in [9.17, 15) is 0 Å². The number of nitrogens with zero attached hydrogens (tertiary/aromatic N) is 3. The minimum Gasteiger partial charge on any atom is -0.368 e. The van der Waals surface area contributed by atoms with Crippen molar-refractivity contribution in [3.05, 3.63) is 70.8 Å². The number of nitrogens with one attached hydrogen (secondary N) is 2. The molecule has 0 radical (unpaired) electrons. The first-order valence-electron chi connectivity index (χ1n) is 7.63. The molecule has 0 aliphatic rings. The second-order valence-electron chi connectivity index (χ2n) is 5.29. The molecule has 6 nitrogen and oxygen atoms in total. The van der Waals surface area contributed by atoms with E-state index in [1.54, 1.807) is 0 Å². The van der Waals surface area contributed by atoms with Crippen LogP contribution in [0.25, 0.3) is 10.9 Å². The molecule has 0 amide bonds. The molecule has 126 valence electrons. The maximum atomic E-state index is 5.70. The third-order valence-electron chi connectivity index (χ3n) is 3.31. The Kier molecular flexibility index (Phi) is 5.25. The fraction of sp³-hybridized carbons (Fsp3) is 0.0556. The van der Waals surface area contributed by atoms with E-state index in [0.29, 0.717) is 5.82 Å². The molecular formula is C18H17BrN6. The van der Waals surface area contributed by atoms with Crippen LogP contribution in [0.4, 0.5) is 17.6 Å². The van der Waals surface area contributed by atoms with Crippen molar-refractivity contribution >= 4 is 44.4 Å². The van der Waals surface area contributed by atoms with Crippen molar-refractivity contribution in [2.24, 2.45) is 0 Å². The summed E-state index contributed by atoms with van der Waals surface area (Å²) in [6.45, 7) is 1.91. The first-order chi connectivity index (χ1) is 12.1. The lowest BCUT2D eigenvalue weighted by molar-refractivity contribution is 1.05. The van der Waals surface area contributed by atoms with Crippen LogP contribution in [-0.4, -0.2) is 20.2 Å². The van der Waals surface area contributed by atoms with Crippen molar-refractivity contribution < 1.29 is 0 Å². The summed E-state index contributed by atoms with van der Waals surface area (Å²) in [6, 6.07) is 19.6. The van der Waals surface area contributed by atoms with Gasteiger partial charge < -0.3 is 11.1 Å². The Morgan fingerprint density at radius 1 is 1.00 bits per heavy atom. The minimum atomic E-state index is 0.243. The number of hydrogen-bond acceptors (Lipinski definition) is 5. The Morgan fingerprint density at radius 2 is 1.72 bits per heavy atom. The molecule has 0 saturated heterocycles. The normalized spacial score (nSPS) is 10.2. The van der Waals surface area contributed by atoms with Crippen molar-refractivity contribution in [2.75, 3.05) is 11.1 Å². The van der Waals surface area contributed by atoms with Crippen molar-refractivity contribution in [3.8, 4) is 0 Å². The van der Waals surface area contributed by atoms with E-state index in [0.717, 1.165) is 26.9 Å². The van der Waals surface area contributed by atoms with Crippen LogP contribution in [0.5, 0.6) is 0 Å². The summed E-state index contributed by atoms with van der Waals surface area (Å²) < 4.78 is 1.13. The number of H-pyrrole nitrogens is 1. The number of benzene rings is 2. The van der Waals surface area contributed by atoms with Gasteiger partial charge in [-0.3, -0.25) is 5.10 Å². The monoisotopic (exact) mass is 396 g/mol. The number of aromatic nitrogens is 4. The zero-order valence-corrected chi connectivity index (χ0v) is 15.2. The molecule has 0 unspecified atom stereocenters. The van der Waals surface area contributed by atoms with Gasteiger partial charge >= 0.3 is 0 Å². The van der Waals surface area contributed by atoms with E-state index >= 15 is 0 Å². The summed E-state index contributed by atoms with van der Waals surface area (Å²) in [6.07, 6.45) is 0. The number of nitrogens with two attached hydrogens (primary N) is 1. The van der Waals surface area contributed by atoms with Crippen LogP contribution in [-0.2, 0) is 0 Å². The van der Waals surface area contributed by atoms with Gasteiger partial charge in [-0.1, -0.05) is 46.3 Å². The lowest BCUT2D eigenvalue weighted by Crippen LogP contribution is -2.01. The molecular weight excluding hydrogens is 380 g/mol. The highest BCUT2D eigenvalue weighted by atomic mass is 79.9. The highest BCUT2D eigenvalue weighted by Crippen LogP contribution is 2.23. The van der Waals surface area contributed by atoms with Crippen LogP contribution in [0, 0.1) is 6.92 Å². The number of nitrogen functional groups attached to an aromatic ring is 1. The van der Waals surface area contributed by atoms with Crippen LogP contribution in [0.1, 0.15) is 5.69 Å². The average molecular weight is 397 g/mol. The molecule has 7 heteroatoms. The van der Waals surface area contributed by atoms with Gasteiger partial charge in [0, 0.05) is 15.9 Å². The molecule has 0 bridgehead atoms. The molecule has 0 fully saturated rings. The van der Waals surface area contributed by atoms with Crippen molar-refractivity contribution in [2.45, 2.75) is 6.92 Å². The molecule has 25 heavy (non-hydrogen) atoms. The lowest BCUT2D eigenvalue weighted by Gasteiger charge is -2.07. The summed E-state index contributed by atoms with van der Waals surface area (Å²) >= 11 is 3.31. The highest BCUT2D eigenvalue weighted by molar-refractivity contribution is 9.10. The van der Waals surface area contributed by atoms with Crippen molar-refractivity contribution in [1.29, 1.82) is 0 Å². The summed E-state index contributed by atoms with van der Waals surface area (Å²) in [5, 5.41) is 11.0. The van der Waals surface area contributed by atoms with Crippen LogP contribution >= 0.6 is 15.9 Å². The summed E-state index contributed by atoms with van der Waals surface area (Å²) in [4.78, 5) is 8.40. The molecule has 4 N–H and O–H groups in total. The first-order valence-corrected chi connectivity index (χ1v) is 8.43. The van der Waals surface area contributed by atoms with Gasteiger partial charge in [-0.25, -0.2) is 4.98 Å². The standard InChI is InChI=1S/C12H12N6.C6H5Br/c1-7-6-10(18-17-7)15-11-8-4-2-3-5-9(8)14-12(13)16-11;7-6-4-2-1-3-5-6/h2-6H,1H3,(H4,13,14,15,16,17,18);1-5H. The van der Waals surface area contributed by atoms with E-state index in [1.165, 1.54) is 0 Å². The Labute approximate surface area is 153 Å². The maximum absolute atomic E-state index is 5.70. The number of fused-ring (bicyclic) bond motifs is 1. The second kappa shape index (κ2) is 7.76. The number of aryl methyl sites for hydroxylation is 1. The van der Waals surface area contributed by atoms with E-state index in [1.807, 2.05) is 67.6 Å². The van der Waals surface area contributed by atoms with Crippen LogP contribution in [0.2, 0.25) is 0 Å². The molecule has 4 rings (SSSR count). The predicted octanol–water partition coefficient (Wildman–Crippen LogP) is 4.44. The predicted molar refractivity (Wildman–Crippen MR) is 105 cm³/mol. The molecule has 0 saturated carbocycles. The molecule has 0 spiro atoms. The maximum Gasteiger partial charge on any atom is 0.222 e.